The number of hydrogen-bond acceptors (Lipinski definition) is 2. The highest BCUT2D eigenvalue weighted by atomic mass is 15.2. The van der Waals surface area contributed by atoms with Gasteiger partial charge in [-0.25, -0.2) is 0 Å². The van der Waals surface area contributed by atoms with Crippen molar-refractivity contribution in [3.63, 3.8) is 0 Å². The van der Waals surface area contributed by atoms with Crippen LogP contribution in [-0.4, -0.2) is 37.1 Å². The summed E-state index contributed by atoms with van der Waals surface area (Å²) in [5, 5.41) is 3.46. The monoisotopic (exact) mass is 254 g/mol. The molecule has 1 saturated heterocycles. The van der Waals surface area contributed by atoms with Crippen molar-refractivity contribution in [2.75, 3.05) is 26.2 Å². The lowest BCUT2D eigenvalue weighted by Gasteiger charge is -2.33. The summed E-state index contributed by atoms with van der Waals surface area (Å²) in [5.41, 5.74) is 0. The lowest BCUT2D eigenvalue weighted by Crippen LogP contribution is -2.49. The predicted molar refractivity (Wildman–Crippen MR) is 81.1 cm³/mol. The fourth-order valence-corrected chi connectivity index (χ4v) is 2.84. The van der Waals surface area contributed by atoms with E-state index < -0.39 is 0 Å². The van der Waals surface area contributed by atoms with E-state index in [-0.39, 0.29) is 0 Å². The standard InChI is InChI=1S/C16H34N2/c1-3-4-5-6-7-8-9-10-11-13-18-14-12-17-15-16(18)2/h16-17H,3-15H2,1-2H3/t16-/m0/s1. The highest BCUT2D eigenvalue weighted by Crippen LogP contribution is 2.11. The molecule has 1 N–H and O–H groups in total. The molecule has 1 atom stereocenters. The number of piperazine rings is 1. The highest BCUT2D eigenvalue weighted by Gasteiger charge is 2.16. The van der Waals surface area contributed by atoms with Crippen LogP contribution in [0.4, 0.5) is 0 Å². The van der Waals surface area contributed by atoms with Gasteiger partial charge in [0.25, 0.3) is 0 Å². The first-order valence-electron chi connectivity index (χ1n) is 8.29. The quantitative estimate of drug-likeness (QED) is 0.596. The Bertz CT molecular complexity index is 182. The van der Waals surface area contributed by atoms with E-state index in [0.29, 0.717) is 0 Å². The van der Waals surface area contributed by atoms with Crippen molar-refractivity contribution in [2.24, 2.45) is 0 Å². The first kappa shape index (κ1) is 16.0. The van der Waals surface area contributed by atoms with E-state index in [9.17, 15) is 0 Å². The van der Waals surface area contributed by atoms with Crippen LogP contribution < -0.4 is 5.32 Å². The Morgan fingerprint density at radius 3 is 2.17 bits per heavy atom. The molecule has 0 aliphatic carbocycles. The zero-order valence-corrected chi connectivity index (χ0v) is 12.7. The van der Waals surface area contributed by atoms with Crippen molar-refractivity contribution in [1.82, 2.24) is 10.2 Å². The lowest BCUT2D eigenvalue weighted by atomic mass is 10.1. The number of nitrogens with one attached hydrogen (secondary N) is 1. The fraction of sp³-hybridized carbons (Fsp3) is 1.00. The molecule has 108 valence electrons. The molecule has 1 rings (SSSR count). The average molecular weight is 254 g/mol. The Morgan fingerprint density at radius 2 is 1.56 bits per heavy atom. The maximum absolute atomic E-state index is 3.46. The largest absolute Gasteiger partial charge is 0.314 e. The van der Waals surface area contributed by atoms with Crippen molar-refractivity contribution < 1.29 is 0 Å². The number of rotatable bonds is 10. The maximum Gasteiger partial charge on any atom is 0.0192 e. The molecular formula is C16H34N2. The Labute approximate surface area is 115 Å². The molecular weight excluding hydrogens is 220 g/mol. The summed E-state index contributed by atoms with van der Waals surface area (Å²) in [6.45, 7) is 9.56. The minimum Gasteiger partial charge on any atom is -0.314 e. The molecule has 0 bridgehead atoms. The molecule has 0 aromatic carbocycles. The maximum atomic E-state index is 3.46. The molecule has 0 saturated carbocycles. The fourth-order valence-electron chi connectivity index (χ4n) is 2.84. The molecule has 0 unspecified atom stereocenters. The van der Waals surface area contributed by atoms with Gasteiger partial charge in [-0.1, -0.05) is 58.3 Å². The van der Waals surface area contributed by atoms with Gasteiger partial charge in [-0.15, -0.1) is 0 Å². The topological polar surface area (TPSA) is 15.3 Å². The molecule has 18 heavy (non-hydrogen) atoms. The summed E-state index contributed by atoms with van der Waals surface area (Å²) in [7, 11) is 0. The van der Waals surface area contributed by atoms with Crippen LogP contribution in [0.2, 0.25) is 0 Å². The van der Waals surface area contributed by atoms with Crippen LogP contribution in [0.1, 0.15) is 71.6 Å². The van der Waals surface area contributed by atoms with Gasteiger partial charge in [-0.05, 0) is 19.9 Å². The predicted octanol–water partition coefficient (Wildman–Crippen LogP) is 3.81. The van der Waals surface area contributed by atoms with E-state index in [1.54, 1.807) is 0 Å². The van der Waals surface area contributed by atoms with Gasteiger partial charge in [-0.3, -0.25) is 4.90 Å². The van der Waals surface area contributed by atoms with E-state index >= 15 is 0 Å². The zero-order valence-electron chi connectivity index (χ0n) is 12.7. The van der Waals surface area contributed by atoms with Gasteiger partial charge in [0, 0.05) is 25.7 Å². The van der Waals surface area contributed by atoms with Gasteiger partial charge in [0.05, 0.1) is 0 Å². The molecule has 0 amide bonds. The Morgan fingerprint density at radius 1 is 0.944 bits per heavy atom. The van der Waals surface area contributed by atoms with Crippen LogP contribution in [0.3, 0.4) is 0 Å². The van der Waals surface area contributed by atoms with Crippen molar-refractivity contribution >= 4 is 0 Å². The van der Waals surface area contributed by atoms with Crippen molar-refractivity contribution in [1.29, 1.82) is 0 Å². The average Bonchev–Trinajstić information content (AvgIpc) is 2.39. The van der Waals surface area contributed by atoms with Crippen LogP contribution in [0, 0.1) is 0 Å². The van der Waals surface area contributed by atoms with E-state index in [1.807, 2.05) is 0 Å². The van der Waals surface area contributed by atoms with Gasteiger partial charge >= 0.3 is 0 Å². The van der Waals surface area contributed by atoms with Gasteiger partial charge < -0.3 is 5.32 Å². The van der Waals surface area contributed by atoms with Crippen LogP contribution in [0.25, 0.3) is 0 Å². The van der Waals surface area contributed by atoms with Gasteiger partial charge in [-0.2, -0.15) is 0 Å². The minimum atomic E-state index is 0.743. The SMILES string of the molecule is CCCCCCCCCCCN1CCNC[C@@H]1C. The number of nitrogens with zero attached hydrogens (tertiary/aromatic N) is 1. The van der Waals surface area contributed by atoms with Gasteiger partial charge in [0.15, 0.2) is 0 Å². The van der Waals surface area contributed by atoms with E-state index in [0.717, 1.165) is 6.04 Å². The van der Waals surface area contributed by atoms with Gasteiger partial charge in [0.1, 0.15) is 0 Å². The van der Waals surface area contributed by atoms with Crippen molar-refractivity contribution in [3.05, 3.63) is 0 Å². The molecule has 0 aromatic rings. The third-order valence-electron chi connectivity index (χ3n) is 4.19. The molecule has 1 aliphatic heterocycles. The second-order valence-electron chi connectivity index (χ2n) is 5.92. The molecule has 1 heterocycles. The van der Waals surface area contributed by atoms with Crippen LogP contribution in [0.5, 0.6) is 0 Å². The first-order chi connectivity index (χ1) is 8.84. The smallest absolute Gasteiger partial charge is 0.0192 e. The summed E-state index contributed by atoms with van der Waals surface area (Å²) in [6, 6.07) is 0.743. The summed E-state index contributed by atoms with van der Waals surface area (Å²) in [5.74, 6) is 0. The summed E-state index contributed by atoms with van der Waals surface area (Å²) in [4.78, 5) is 2.65. The Balaban J connectivity index is 1.83. The highest BCUT2D eigenvalue weighted by molar-refractivity contribution is 4.75. The molecule has 1 fully saturated rings. The molecule has 2 nitrogen and oxygen atoms in total. The third kappa shape index (κ3) is 7.38. The second-order valence-corrected chi connectivity index (χ2v) is 5.92. The molecule has 0 radical (unpaired) electrons. The zero-order chi connectivity index (χ0) is 13.1. The van der Waals surface area contributed by atoms with Crippen molar-refractivity contribution in [3.8, 4) is 0 Å². The Kier molecular flexibility index (Phi) is 9.59. The molecule has 1 aliphatic rings. The van der Waals surface area contributed by atoms with Crippen molar-refractivity contribution in [2.45, 2.75) is 77.7 Å². The summed E-state index contributed by atoms with van der Waals surface area (Å²) < 4.78 is 0. The summed E-state index contributed by atoms with van der Waals surface area (Å²) >= 11 is 0. The Hall–Kier alpha value is -0.0800. The van der Waals surface area contributed by atoms with Crippen LogP contribution in [-0.2, 0) is 0 Å². The normalized spacial score (nSPS) is 21.3. The number of unbranched alkanes of at least 4 members (excludes halogenated alkanes) is 8. The molecule has 0 spiro atoms. The summed E-state index contributed by atoms with van der Waals surface area (Å²) in [6.07, 6.45) is 12.9. The van der Waals surface area contributed by atoms with Gasteiger partial charge in [0.2, 0.25) is 0 Å². The lowest BCUT2D eigenvalue weighted by molar-refractivity contribution is 0.170. The van der Waals surface area contributed by atoms with E-state index in [1.165, 1.54) is 84.0 Å². The third-order valence-corrected chi connectivity index (χ3v) is 4.19. The molecule has 0 aromatic heterocycles. The second kappa shape index (κ2) is 10.8. The number of hydrogen-bond donors (Lipinski definition) is 1. The van der Waals surface area contributed by atoms with Crippen LogP contribution >= 0.6 is 0 Å². The van der Waals surface area contributed by atoms with E-state index in [2.05, 4.69) is 24.1 Å². The molecule has 2 heteroatoms. The first-order valence-corrected chi connectivity index (χ1v) is 8.29. The van der Waals surface area contributed by atoms with Crippen LogP contribution in [0.15, 0.2) is 0 Å². The minimum absolute atomic E-state index is 0.743. The van der Waals surface area contributed by atoms with E-state index in [4.69, 9.17) is 0 Å².